The van der Waals surface area contributed by atoms with Gasteiger partial charge in [-0.1, -0.05) is 13.0 Å². The Bertz CT molecular complexity index is 446. The second-order valence-electron chi connectivity index (χ2n) is 5.42. The van der Waals surface area contributed by atoms with E-state index in [2.05, 4.69) is 5.32 Å². The predicted molar refractivity (Wildman–Crippen MR) is 75.3 cm³/mol. The molecule has 0 spiro atoms. The number of nitrogens with one attached hydrogen (secondary N) is 1. The van der Waals surface area contributed by atoms with Crippen molar-refractivity contribution in [3.05, 3.63) is 34.9 Å². The van der Waals surface area contributed by atoms with E-state index in [4.69, 9.17) is 0 Å². The highest BCUT2D eigenvalue weighted by atomic mass is 19.1. The van der Waals surface area contributed by atoms with Crippen molar-refractivity contribution in [2.24, 2.45) is 0 Å². The van der Waals surface area contributed by atoms with E-state index in [-0.39, 0.29) is 11.1 Å². The predicted octanol–water partition coefficient (Wildman–Crippen LogP) is 3.26. The van der Waals surface area contributed by atoms with Gasteiger partial charge in [0.05, 0.1) is 6.04 Å². The van der Waals surface area contributed by atoms with Gasteiger partial charge in [-0.05, 0) is 53.0 Å². The second-order valence-corrected chi connectivity index (χ2v) is 5.42. The van der Waals surface area contributed by atoms with Crippen LogP contribution < -0.4 is 5.32 Å². The summed E-state index contributed by atoms with van der Waals surface area (Å²) < 4.78 is 28.4. The second kappa shape index (κ2) is 5.97. The zero-order valence-corrected chi connectivity index (χ0v) is 12.6. The van der Waals surface area contributed by atoms with Crippen LogP contribution in [0.15, 0.2) is 12.1 Å². The lowest BCUT2D eigenvalue weighted by Crippen LogP contribution is -2.51. The van der Waals surface area contributed by atoms with Crippen molar-refractivity contribution < 1.29 is 8.78 Å². The maximum atomic E-state index is 14.3. The molecule has 1 aromatic rings. The van der Waals surface area contributed by atoms with Crippen LogP contribution >= 0.6 is 0 Å². The Balaban J connectivity index is 3.43. The van der Waals surface area contributed by atoms with E-state index in [1.807, 2.05) is 32.8 Å². The van der Waals surface area contributed by atoms with Crippen LogP contribution in [0.4, 0.5) is 8.78 Å². The molecule has 108 valence electrons. The summed E-state index contributed by atoms with van der Waals surface area (Å²) in [5.41, 5.74) is 0.221. The molecule has 0 aromatic heterocycles. The van der Waals surface area contributed by atoms with Gasteiger partial charge in [0.2, 0.25) is 0 Å². The molecule has 0 saturated heterocycles. The van der Waals surface area contributed by atoms with Crippen molar-refractivity contribution in [2.75, 3.05) is 21.1 Å². The topological polar surface area (TPSA) is 15.3 Å². The Morgan fingerprint density at radius 3 is 2.32 bits per heavy atom. The number of likely N-dealkylation sites (N-methyl/N-ethyl adjacent to an activating group) is 2. The van der Waals surface area contributed by atoms with Crippen LogP contribution in [0.1, 0.15) is 37.4 Å². The van der Waals surface area contributed by atoms with Crippen molar-refractivity contribution in [3.63, 3.8) is 0 Å². The van der Waals surface area contributed by atoms with Gasteiger partial charge in [-0.15, -0.1) is 0 Å². The smallest absolute Gasteiger partial charge is 0.133 e. The molecule has 0 aliphatic rings. The minimum atomic E-state index is -0.496. The summed E-state index contributed by atoms with van der Waals surface area (Å²) in [6.45, 7) is 5.69. The van der Waals surface area contributed by atoms with Gasteiger partial charge >= 0.3 is 0 Å². The van der Waals surface area contributed by atoms with Crippen LogP contribution in [-0.4, -0.2) is 31.6 Å². The molecule has 1 rings (SSSR count). The first-order chi connectivity index (χ1) is 8.79. The van der Waals surface area contributed by atoms with Gasteiger partial charge in [0.1, 0.15) is 11.6 Å². The number of rotatable bonds is 5. The lowest BCUT2D eigenvalue weighted by molar-refractivity contribution is 0.113. The van der Waals surface area contributed by atoms with E-state index in [1.54, 1.807) is 14.0 Å². The first-order valence-electron chi connectivity index (χ1n) is 6.58. The van der Waals surface area contributed by atoms with Crippen LogP contribution in [0, 0.1) is 18.6 Å². The molecule has 2 atom stereocenters. The molecule has 0 aliphatic carbocycles. The van der Waals surface area contributed by atoms with E-state index in [0.29, 0.717) is 5.56 Å². The number of aryl methyl sites for hydroxylation is 1. The van der Waals surface area contributed by atoms with E-state index >= 15 is 0 Å². The standard InChI is InChI=1S/C15H24F2N2/c1-7-15(3,19(5)6)14(18-4)12-11(16)9-8-10(2)13(12)17/h8-9,14,18H,7H2,1-6H3. The van der Waals surface area contributed by atoms with E-state index in [1.165, 1.54) is 12.1 Å². The van der Waals surface area contributed by atoms with Gasteiger partial charge in [0, 0.05) is 11.1 Å². The summed E-state index contributed by atoms with van der Waals surface area (Å²) >= 11 is 0. The molecule has 1 N–H and O–H groups in total. The molecule has 0 aliphatic heterocycles. The highest BCUT2D eigenvalue weighted by Crippen LogP contribution is 2.35. The monoisotopic (exact) mass is 270 g/mol. The molecule has 19 heavy (non-hydrogen) atoms. The number of halogens is 2. The van der Waals surface area contributed by atoms with Crippen LogP contribution in [0.5, 0.6) is 0 Å². The van der Waals surface area contributed by atoms with Gasteiger partial charge in [0.25, 0.3) is 0 Å². The fraction of sp³-hybridized carbons (Fsp3) is 0.600. The zero-order valence-electron chi connectivity index (χ0n) is 12.6. The summed E-state index contributed by atoms with van der Waals surface area (Å²) in [6.07, 6.45) is 0.776. The van der Waals surface area contributed by atoms with Gasteiger partial charge in [0.15, 0.2) is 0 Å². The third-order valence-corrected chi connectivity index (χ3v) is 4.26. The molecular formula is C15H24F2N2. The molecule has 0 fully saturated rings. The molecule has 0 amide bonds. The normalized spacial score (nSPS) is 16.5. The van der Waals surface area contributed by atoms with Crippen LogP contribution in [-0.2, 0) is 0 Å². The Hall–Kier alpha value is -1.00. The maximum Gasteiger partial charge on any atom is 0.133 e. The zero-order chi connectivity index (χ0) is 14.8. The van der Waals surface area contributed by atoms with Crippen molar-refractivity contribution in [2.45, 2.75) is 38.8 Å². The van der Waals surface area contributed by atoms with Gasteiger partial charge in [-0.2, -0.15) is 0 Å². The highest BCUT2D eigenvalue weighted by molar-refractivity contribution is 5.31. The fourth-order valence-corrected chi connectivity index (χ4v) is 2.49. The van der Waals surface area contributed by atoms with Crippen LogP contribution in [0.25, 0.3) is 0 Å². The lowest BCUT2D eigenvalue weighted by atomic mass is 9.82. The average molecular weight is 270 g/mol. The minimum Gasteiger partial charge on any atom is -0.311 e. The third-order valence-electron chi connectivity index (χ3n) is 4.26. The maximum absolute atomic E-state index is 14.3. The SMILES string of the molecule is CCC(C)(C(NC)c1c(F)ccc(C)c1F)N(C)C. The summed E-state index contributed by atoms with van der Waals surface area (Å²) in [5, 5.41) is 3.08. The molecule has 1 aromatic carbocycles. The number of nitrogens with zero attached hydrogens (tertiary/aromatic N) is 1. The molecule has 2 unspecified atom stereocenters. The van der Waals surface area contributed by atoms with Gasteiger partial charge < -0.3 is 10.2 Å². The van der Waals surface area contributed by atoms with Crippen molar-refractivity contribution >= 4 is 0 Å². The van der Waals surface area contributed by atoms with E-state index < -0.39 is 17.7 Å². The molecule has 0 bridgehead atoms. The molecule has 0 heterocycles. The molecule has 0 saturated carbocycles. The molecule has 0 radical (unpaired) electrons. The summed E-state index contributed by atoms with van der Waals surface area (Å²) in [6, 6.07) is 2.40. The summed E-state index contributed by atoms with van der Waals surface area (Å²) in [5.74, 6) is -0.954. The van der Waals surface area contributed by atoms with E-state index in [9.17, 15) is 8.78 Å². The Morgan fingerprint density at radius 2 is 1.89 bits per heavy atom. The van der Waals surface area contributed by atoms with Crippen LogP contribution in [0.2, 0.25) is 0 Å². The quantitative estimate of drug-likeness (QED) is 0.883. The highest BCUT2D eigenvalue weighted by Gasteiger charge is 2.38. The molecule has 4 heteroatoms. The van der Waals surface area contributed by atoms with Crippen molar-refractivity contribution in [3.8, 4) is 0 Å². The summed E-state index contributed by atoms with van der Waals surface area (Å²) in [7, 11) is 5.60. The number of benzene rings is 1. The minimum absolute atomic E-state index is 0.126. The van der Waals surface area contributed by atoms with Gasteiger partial charge in [-0.3, -0.25) is 0 Å². The molecule has 2 nitrogen and oxygen atoms in total. The fourth-order valence-electron chi connectivity index (χ4n) is 2.49. The average Bonchev–Trinajstić information content (AvgIpc) is 2.38. The Kier molecular flexibility index (Phi) is 5.04. The first-order valence-corrected chi connectivity index (χ1v) is 6.58. The van der Waals surface area contributed by atoms with E-state index in [0.717, 1.165) is 6.42 Å². The summed E-state index contributed by atoms with van der Waals surface area (Å²) in [4.78, 5) is 2.01. The molecular weight excluding hydrogens is 246 g/mol. The van der Waals surface area contributed by atoms with Crippen molar-refractivity contribution in [1.29, 1.82) is 0 Å². The number of hydrogen-bond donors (Lipinski definition) is 1. The Labute approximate surface area is 114 Å². The Morgan fingerprint density at radius 1 is 1.32 bits per heavy atom. The third kappa shape index (κ3) is 2.79. The lowest BCUT2D eigenvalue weighted by Gasteiger charge is -2.43. The first kappa shape index (κ1) is 16.1. The van der Waals surface area contributed by atoms with Crippen molar-refractivity contribution in [1.82, 2.24) is 10.2 Å². The largest absolute Gasteiger partial charge is 0.311 e. The van der Waals surface area contributed by atoms with Gasteiger partial charge in [-0.25, -0.2) is 8.78 Å². The number of hydrogen-bond acceptors (Lipinski definition) is 2. The van der Waals surface area contributed by atoms with Crippen LogP contribution in [0.3, 0.4) is 0 Å².